The van der Waals surface area contributed by atoms with Gasteiger partial charge in [0.15, 0.2) is 11.5 Å². The number of fused-ring (bicyclic) bond motifs is 1. The molecule has 0 saturated heterocycles. The second-order valence-electron chi connectivity index (χ2n) is 4.21. The molecule has 0 bridgehead atoms. The molecule has 0 atom stereocenters. The quantitative estimate of drug-likeness (QED) is 0.371. The summed E-state index contributed by atoms with van der Waals surface area (Å²) in [4.78, 5) is 35.4. The van der Waals surface area contributed by atoms with Crippen LogP contribution in [0.3, 0.4) is 0 Å². The third-order valence-electron chi connectivity index (χ3n) is 2.98. The van der Waals surface area contributed by atoms with Gasteiger partial charge in [0.1, 0.15) is 6.26 Å². The number of allylic oxidation sites excluding steroid dienone is 5. The van der Waals surface area contributed by atoms with Gasteiger partial charge >= 0.3 is 0 Å². The molecular weight excluding hydrogens is 282 g/mol. The Bertz CT molecular complexity index is 748. The highest BCUT2D eigenvalue weighted by Crippen LogP contribution is 2.35. The van der Waals surface area contributed by atoms with Crippen LogP contribution in [0.4, 0.5) is 8.78 Å². The molecule has 1 aromatic heterocycles. The number of carbonyl (C=O) groups excluding carboxylic acids is 3. The van der Waals surface area contributed by atoms with Crippen molar-refractivity contribution in [3.63, 3.8) is 0 Å². The van der Waals surface area contributed by atoms with E-state index in [9.17, 15) is 23.2 Å². The first kappa shape index (κ1) is 14.8. The normalized spacial score (nSPS) is 15.9. The molecule has 1 aliphatic rings. The first-order valence-corrected chi connectivity index (χ1v) is 6.03. The van der Waals surface area contributed by atoms with Crippen LogP contribution in [0, 0.1) is 0 Å². The maximum Gasteiger partial charge on any atom is 0.265 e. The smallest absolute Gasteiger partial charge is 0.265 e. The highest BCUT2D eigenvalue weighted by atomic mass is 19.2. The van der Waals surface area contributed by atoms with Crippen molar-refractivity contribution in [2.24, 2.45) is 0 Å². The van der Waals surface area contributed by atoms with Crippen molar-refractivity contribution >= 4 is 23.2 Å². The van der Waals surface area contributed by atoms with E-state index in [0.29, 0.717) is 0 Å². The van der Waals surface area contributed by atoms with Gasteiger partial charge in [-0.1, -0.05) is 18.2 Å². The first-order chi connectivity index (χ1) is 9.93. The second-order valence-corrected chi connectivity index (χ2v) is 4.21. The maximum atomic E-state index is 13.6. The molecule has 0 saturated carbocycles. The van der Waals surface area contributed by atoms with Gasteiger partial charge in [0, 0.05) is 5.57 Å². The SMILES string of the molecule is C/C=C\C(=C/C)C(=O)c1coc2c1C(=O)C(=O)C(F)=C2F. The Morgan fingerprint density at radius 2 is 1.81 bits per heavy atom. The molecule has 0 spiro atoms. The van der Waals surface area contributed by atoms with Crippen molar-refractivity contribution in [2.45, 2.75) is 13.8 Å². The molecule has 6 heteroatoms. The fraction of sp³-hybridized carbons (Fsp3) is 0.133. The minimum Gasteiger partial charge on any atom is -0.460 e. The van der Waals surface area contributed by atoms with Crippen molar-refractivity contribution in [3.05, 3.63) is 52.8 Å². The number of halogens is 2. The van der Waals surface area contributed by atoms with Crippen LogP contribution in [-0.2, 0) is 4.79 Å². The van der Waals surface area contributed by atoms with Gasteiger partial charge in [0.25, 0.3) is 5.78 Å². The minimum absolute atomic E-state index is 0.233. The predicted octanol–water partition coefficient (Wildman–Crippen LogP) is 3.36. The largest absolute Gasteiger partial charge is 0.460 e. The first-order valence-electron chi connectivity index (χ1n) is 6.03. The Labute approximate surface area is 118 Å². The van der Waals surface area contributed by atoms with Crippen molar-refractivity contribution in [2.75, 3.05) is 0 Å². The van der Waals surface area contributed by atoms with Crippen molar-refractivity contribution in [3.8, 4) is 0 Å². The van der Waals surface area contributed by atoms with Gasteiger partial charge in [-0.2, -0.15) is 8.78 Å². The molecule has 0 unspecified atom stereocenters. The number of hydrogen-bond acceptors (Lipinski definition) is 4. The molecule has 0 aromatic carbocycles. The molecule has 1 aromatic rings. The predicted molar refractivity (Wildman–Crippen MR) is 70.1 cm³/mol. The molecule has 108 valence electrons. The van der Waals surface area contributed by atoms with Crippen molar-refractivity contribution in [1.29, 1.82) is 0 Å². The lowest BCUT2D eigenvalue weighted by Gasteiger charge is -2.08. The number of rotatable bonds is 3. The van der Waals surface area contributed by atoms with Gasteiger partial charge in [-0.15, -0.1) is 0 Å². The standard InChI is InChI=1S/C15H10F2O4/c1-3-5-7(4-2)12(18)8-6-21-15-9(8)13(19)14(20)10(16)11(15)17/h3-6H,1-2H3/b5-3-,7-4+. The molecule has 2 rings (SSSR count). The van der Waals surface area contributed by atoms with Crippen LogP contribution >= 0.6 is 0 Å². The Balaban J connectivity index is 2.63. The van der Waals surface area contributed by atoms with Crippen LogP contribution in [0.1, 0.15) is 40.3 Å². The summed E-state index contributed by atoms with van der Waals surface area (Å²) < 4.78 is 31.6. The van der Waals surface area contributed by atoms with E-state index in [2.05, 4.69) is 0 Å². The molecule has 0 radical (unpaired) electrons. The van der Waals surface area contributed by atoms with Crippen LogP contribution in [0.2, 0.25) is 0 Å². The van der Waals surface area contributed by atoms with Gasteiger partial charge in [-0.3, -0.25) is 14.4 Å². The van der Waals surface area contributed by atoms with Crippen molar-refractivity contribution in [1.82, 2.24) is 0 Å². The average molecular weight is 292 g/mol. The zero-order valence-electron chi connectivity index (χ0n) is 11.2. The summed E-state index contributed by atoms with van der Waals surface area (Å²) in [6.07, 6.45) is 5.43. The van der Waals surface area contributed by atoms with E-state index in [1.54, 1.807) is 19.9 Å². The van der Waals surface area contributed by atoms with E-state index in [4.69, 9.17) is 4.42 Å². The van der Waals surface area contributed by atoms with Gasteiger partial charge in [-0.05, 0) is 13.8 Å². The molecule has 0 fully saturated rings. The zero-order chi connectivity index (χ0) is 15.7. The molecule has 0 amide bonds. The number of carbonyl (C=O) groups is 3. The fourth-order valence-electron chi connectivity index (χ4n) is 1.96. The zero-order valence-corrected chi connectivity index (χ0v) is 11.2. The lowest BCUT2D eigenvalue weighted by molar-refractivity contribution is -0.113. The van der Waals surface area contributed by atoms with Crippen LogP contribution in [-0.4, -0.2) is 17.3 Å². The average Bonchev–Trinajstić information content (AvgIpc) is 2.92. The number of hydrogen-bond donors (Lipinski definition) is 0. The molecule has 4 nitrogen and oxygen atoms in total. The fourth-order valence-corrected chi connectivity index (χ4v) is 1.96. The van der Waals surface area contributed by atoms with E-state index in [1.807, 2.05) is 0 Å². The Hall–Kier alpha value is -2.63. The summed E-state index contributed by atoms with van der Waals surface area (Å²) in [5.41, 5.74) is -0.568. The number of ketones is 3. The molecule has 0 N–H and O–H groups in total. The van der Waals surface area contributed by atoms with Crippen LogP contribution in [0.15, 0.2) is 40.3 Å². The minimum atomic E-state index is -1.81. The monoisotopic (exact) mass is 292 g/mol. The summed E-state index contributed by atoms with van der Waals surface area (Å²) in [5, 5.41) is 0. The molecular formula is C15H10F2O4. The highest BCUT2D eigenvalue weighted by molar-refractivity contribution is 6.52. The van der Waals surface area contributed by atoms with E-state index in [0.717, 1.165) is 6.26 Å². The lowest BCUT2D eigenvalue weighted by Crippen LogP contribution is -2.22. The lowest BCUT2D eigenvalue weighted by atomic mass is 9.92. The number of Topliss-reactive ketones (excluding diaryl/α,β-unsaturated/α-hetero) is 3. The van der Waals surface area contributed by atoms with Gasteiger partial charge in [0.05, 0.1) is 11.1 Å². The molecule has 1 aliphatic carbocycles. The highest BCUT2D eigenvalue weighted by Gasteiger charge is 2.40. The van der Waals surface area contributed by atoms with E-state index in [1.165, 1.54) is 12.2 Å². The van der Waals surface area contributed by atoms with Gasteiger partial charge in [0.2, 0.25) is 17.4 Å². The van der Waals surface area contributed by atoms with Crippen LogP contribution in [0.25, 0.3) is 5.83 Å². The topological polar surface area (TPSA) is 64.3 Å². The Kier molecular flexibility index (Phi) is 3.80. The summed E-state index contributed by atoms with van der Waals surface area (Å²) in [6.45, 7) is 3.29. The van der Waals surface area contributed by atoms with Crippen LogP contribution in [0.5, 0.6) is 0 Å². The maximum absolute atomic E-state index is 13.6. The third kappa shape index (κ3) is 2.18. The van der Waals surface area contributed by atoms with Crippen molar-refractivity contribution < 1.29 is 27.6 Å². The molecule has 0 aliphatic heterocycles. The van der Waals surface area contributed by atoms with E-state index in [-0.39, 0.29) is 11.1 Å². The van der Waals surface area contributed by atoms with Gasteiger partial charge < -0.3 is 4.42 Å². The summed E-state index contributed by atoms with van der Waals surface area (Å²) in [6, 6.07) is 0. The second kappa shape index (κ2) is 5.40. The Morgan fingerprint density at radius 1 is 1.14 bits per heavy atom. The van der Waals surface area contributed by atoms with Crippen LogP contribution < -0.4 is 0 Å². The molecule has 1 heterocycles. The summed E-state index contributed by atoms with van der Waals surface area (Å²) >= 11 is 0. The van der Waals surface area contributed by atoms with Gasteiger partial charge in [-0.25, -0.2) is 0 Å². The van der Waals surface area contributed by atoms with E-state index >= 15 is 0 Å². The summed E-state index contributed by atoms with van der Waals surface area (Å²) in [7, 11) is 0. The molecule has 21 heavy (non-hydrogen) atoms. The third-order valence-corrected chi connectivity index (χ3v) is 2.98. The Morgan fingerprint density at radius 3 is 2.38 bits per heavy atom. The summed E-state index contributed by atoms with van der Waals surface area (Å²) in [5.74, 6) is -7.63. The van der Waals surface area contributed by atoms with E-state index < -0.39 is 40.3 Å². The number of furan rings is 1.